The zero-order valence-electron chi connectivity index (χ0n) is 10.5. The number of aliphatic hydroxyl groups excluding tert-OH is 1. The molecule has 17 heavy (non-hydrogen) atoms. The van der Waals surface area contributed by atoms with E-state index in [1.807, 2.05) is 25.1 Å². The van der Waals surface area contributed by atoms with Gasteiger partial charge in [0.2, 0.25) is 0 Å². The molecule has 3 heteroatoms. The van der Waals surface area contributed by atoms with Crippen molar-refractivity contribution in [3.8, 4) is 0 Å². The van der Waals surface area contributed by atoms with Crippen LogP contribution in [0.4, 0.5) is 11.4 Å². The number of nitrogen functional groups attached to an aromatic ring is 1. The van der Waals surface area contributed by atoms with Crippen LogP contribution in [0.3, 0.4) is 0 Å². The number of rotatable bonds is 3. The minimum absolute atomic E-state index is 0.168. The second-order valence-corrected chi connectivity index (χ2v) is 5.16. The largest absolute Gasteiger partial charge is 0.397 e. The van der Waals surface area contributed by atoms with Gasteiger partial charge in [-0.05, 0) is 31.4 Å². The first kappa shape index (κ1) is 12.2. The lowest BCUT2D eigenvalue weighted by Crippen LogP contribution is -2.44. The van der Waals surface area contributed by atoms with Crippen LogP contribution in [-0.2, 0) is 0 Å². The van der Waals surface area contributed by atoms with Crippen LogP contribution in [-0.4, -0.2) is 17.3 Å². The average molecular weight is 234 g/mol. The minimum Gasteiger partial charge on any atom is -0.397 e. The highest BCUT2D eigenvalue weighted by molar-refractivity contribution is 5.70. The summed E-state index contributed by atoms with van der Waals surface area (Å²) in [5, 5.41) is 13.2. The zero-order chi connectivity index (χ0) is 12.3. The summed E-state index contributed by atoms with van der Waals surface area (Å²) in [6.45, 7) is 2.23. The van der Waals surface area contributed by atoms with E-state index in [1.165, 1.54) is 19.3 Å². The van der Waals surface area contributed by atoms with Crippen LogP contribution in [0.25, 0.3) is 0 Å². The Morgan fingerprint density at radius 2 is 2.00 bits per heavy atom. The van der Waals surface area contributed by atoms with Gasteiger partial charge < -0.3 is 16.2 Å². The van der Waals surface area contributed by atoms with Gasteiger partial charge in [0.1, 0.15) is 0 Å². The molecule has 0 radical (unpaired) electrons. The summed E-state index contributed by atoms with van der Waals surface area (Å²) < 4.78 is 0. The van der Waals surface area contributed by atoms with Crippen LogP contribution in [0.5, 0.6) is 0 Å². The Balaban J connectivity index is 2.23. The molecular formula is C14H22N2O. The molecule has 0 unspecified atom stereocenters. The van der Waals surface area contributed by atoms with Crippen molar-refractivity contribution in [3.63, 3.8) is 0 Å². The molecule has 1 fully saturated rings. The molecular weight excluding hydrogens is 212 g/mol. The van der Waals surface area contributed by atoms with Crippen molar-refractivity contribution >= 4 is 11.4 Å². The maximum atomic E-state index is 9.68. The van der Waals surface area contributed by atoms with Gasteiger partial charge in [-0.15, -0.1) is 0 Å². The van der Waals surface area contributed by atoms with Crippen molar-refractivity contribution in [3.05, 3.63) is 23.8 Å². The molecule has 1 aliphatic rings. The molecule has 0 amide bonds. The standard InChI is InChI=1S/C14H22N2O/c1-11-6-5-7-12(15)13(11)16-14(10-17)8-3-2-4-9-14/h5-7,16-17H,2-4,8-10,15H2,1H3. The summed E-state index contributed by atoms with van der Waals surface area (Å²) >= 11 is 0. The molecule has 0 aliphatic heterocycles. The smallest absolute Gasteiger partial charge is 0.0661 e. The van der Waals surface area contributed by atoms with Crippen molar-refractivity contribution in [2.45, 2.75) is 44.6 Å². The van der Waals surface area contributed by atoms with Crippen molar-refractivity contribution in [2.24, 2.45) is 0 Å². The molecule has 3 nitrogen and oxygen atoms in total. The van der Waals surface area contributed by atoms with Gasteiger partial charge in [0.15, 0.2) is 0 Å². The Labute approximate surface area is 103 Å². The fourth-order valence-electron chi connectivity index (χ4n) is 2.68. The number of anilines is 2. The van der Waals surface area contributed by atoms with Crippen molar-refractivity contribution in [1.82, 2.24) is 0 Å². The summed E-state index contributed by atoms with van der Waals surface area (Å²) in [5.41, 5.74) is 8.74. The van der Waals surface area contributed by atoms with E-state index < -0.39 is 0 Å². The molecule has 0 heterocycles. The number of para-hydroxylation sites is 1. The first-order valence-corrected chi connectivity index (χ1v) is 6.41. The SMILES string of the molecule is Cc1cccc(N)c1NC1(CO)CCCCC1. The van der Waals surface area contributed by atoms with Crippen LogP contribution in [0.15, 0.2) is 18.2 Å². The summed E-state index contributed by atoms with van der Waals surface area (Å²) in [4.78, 5) is 0. The third-order valence-electron chi connectivity index (χ3n) is 3.81. The van der Waals surface area contributed by atoms with Gasteiger partial charge in [-0.1, -0.05) is 31.4 Å². The molecule has 1 aromatic carbocycles. The van der Waals surface area contributed by atoms with E-state index >= 15 is 0 Å². The van der Waals surface area contributed by atoms with Gasteiger partial charge in [-0.3, -0.25) is 0 Å². The van der Waals surface area contributed by atoms with E-state index in [9.17, 15) is 5.11 Å². The molecule has 0 saturated heterocycles. The van der Waals surface area contributed by atoms with Crippen molar-refractivity contribution in [1.29, 1.82) is 0 Å². The number of aryl methyl sites for hydroxylation is 1. The Morgan fingerprint density at radius 3 is 2.59 bits per heavy atom. The Hall–Kier alpha value is -1.22. The van der Waals surface area contributed by atoms with Crippen LogP contribution in [0.2, 0.25) is 0 Å². The predicted molar refractivity (Wildman–Crippen MR) is 72.1 cm³/mol. The first-order valence-electron chi connectivity index (χ1n) is 6.41. The summed E-state index contributed by atoms with van der Waals surface area (Å²) in [7, 11) is 0. The van der Waals surface area contributed by atoms with E-state index in [4.69, 9.17) is 5.73 Å². The summed E-state index contributed by atoms with van der Waals surface area (Å²) in [6.07, 6.45) is 5.68. The second kappa shape index (κ2) is 4.96. The topological polar surface area (TPSA) is 58.3 Å². The monoisotopic (exact) mass is 234 g/mol. The second-order valence-electron chi connectivity index (χ2n) is 5.16. The molecule has 2 rings (SSSR count). The van der Waals surface area contributed by atoms with Crippen LogP contribution in [0, 0.1) is 6.92 Å². The number of hydrogen-bond acceptors (Lipinski definition) is 3. The molecule has 0 aromatic heterocycles. The molecule has 0 spiro atoms. The number of nitrogens with one attached hydrogen (secondary N) is 1. The fraction of sp³-hybridized carbons (Fsp3) is 0.571. The average Bonchev–Trinajstić information content (AvgIpc) is 2.35. The Morgan fingerprint density at radius 1 is 1.29 bits per heavy atom. The maximum absolute atomic E-state index is 9.68. The quantitative estimate of drug-likeness (QED) is 0.705. The van der Waals surface area contributed by atoms with Gasteiger partial charge >= 0.3 is 0 Å². The Kier molecular flexibility index (Phi) is 3.57. The highest BCUT2D eigenvalue weighted by Crippen LogP contribution is 2.34. The molecule has 94 valence electrons. The maximum Gasteiger partial charge on any atom is 0.0661 e. The minimum atomic E-state index is -0.168. The molecule has 1 aromatic rings. The molecule has 1 aliphatic carbocycles. The summed E-state index contributed by atoms with van der Waals surface area (Å²) in [5.74, 6) is 0. The summed E-state index contributed by atoms with van der Waals surface area (Å²) in [6, 6.07) is 5.91. The van der Waals surface area contributed by atoms with Crippen molar-refractivity contribution < 1.29 is 5.11 Å². The highest BCUT2D eigenvalue weighted by Gasteiger charge is 2.31. The van der Waals surface area contributed by atoms with Gasteiger partial charge in [0.25, 0.3) is 0 Å². The number of hydrogen-bond donors (Lipinski definition) is 3. The number of benzene rings is 1. The third kappa shape index (κ3) is 2.55. The van der Waals surface area contributed by atoms with Crippen LogP contribution >= 0.6 is 0 Å². The molecule has 0 bridgehead atoms. The lowest BCUT2D eigenvalue weighted by Gasteiger charge is -2.38. The van der Waals surface area contributed by atoms with Gasteiger partial charge in [-0.2, -0.15) is 0 Å². The van der Waals surface area contributed by atoms with Crippen molar-refractivity contribution in [2.75, 3.05) is 17.7 Å². The van der Waals surface area contributed by atoms with Gasteiger partial charge in [0.05, 0.1) is 23.5 Å². The fourth-order valence-corrected chi connectivity index (χ4v) is 2.68. The van der Waals surface area contributed by atoms with Crippen LogP contribution < -0.4 is 11.1 Å². The first-order chi connectivity index (χ1) is 8.17. The van der Waals surface area contributed by atoms with E-state index in [2.05, 4.69) is 5.32 Å². The van der Waals surface area contributed by atoms with E-state index in [0.717, 1.165) is 29.8 Å². The zero-order valence-corrected chi connectivity index (χ0v) is 10.5. The van der Waals surface area contributed by atoms with Gasteiger partial charge in [-0.25, -0.2) is 0 Å². The molecule has 4 N–H and O–H groups in total. The number of nitrogens with two attached hydrogens (primary N) is 1. The van der Waals surface area contributed by atoms with E-state index in [0.29, 0.717) is 0 Å². The normalized spacial score (nSPS) is 18.9. The van der Waals surface area contributed by atoms with Gasteiger partial charge in [0, 0.05) is 0 Å². The van der Waals surface area contributed by atoms with E-state index in [-0.39, 0.29) is 12.1 Å². The lowest BCUT2D eigenvalue weighted by atomic mass is 9.82. The molecule has 1 saturated carbocycles. The molecule has 0 atom stereocenters. The highest BCUT2D eigenvalue weighted by atomic mass is 16.3. The Bertz CT molecular complexity index is 364. The van der Waals surface area contributed by atoms with E-state index in [1.54, 1.807) is 0 Å². The lowest BCUT2D eigenvalue weighted by molar-refractivity contribution is 0.173. The third-order valence-corrected chi connectivity index (χ3v) is 3.81. The number of aliphatic hydroxyl groups is 1. The van der Waals surface area contributed by atoms with Crippen LogP contribution in [0.1, 0.15) is 37.7 Å². The predicted octanol–water partition coefficient (Wildman–Crippen LogP) is 2.68.